The van der Waals surface area contributed by atoms with Gasteiger partial charge >= 0.3 is 0 Å². The van der Waals surface area contributed by atoms with Gasteiger partial charge in [-0.1, -0.05) is 11.3 Å². The van der Waals surface area contributed by atoms with Crippen LogP contribution in [0.3, 0.4) is 0 Å². The molecule has 0 unspecified atom stereocenters. The van der Waals surface area contributed by atoms with Crippen molar-refractivity contribution in [2.45, 2.75) is 6.92 Å². The number of amides is 2. The molecule has 0 aliphatic carbocycles. The quantitative estimate of drug-likeness (QED) is 0.725. The average molecular weight is 383 g/mol. The van der Waals surface area contributed by atoms with Gasteiger partial charge in [-0.2, -0.15) is 0 Å². The first kappa shape index (κ1) is 17.3. The van der Waals surface area contributed by atoms with Gasteiger partial charge in [0.2, 0.25) is 5.91 Å². The van der Waals surface area contributed by atoms with Crippen LogP contribution in [0, 0.1) is 5.92 Å². The van der Waals surface area contributed by atoms with Gasteiger partial charge in [-0.05, 0) is 25.1 Å². The fourth-order valence-electron chi connectivity index (χ4n) is 2.80. The maximum Gasteiger partial charge on any atom is 0.274 e. The summed E-state index contributed by atoms with van der Waals surface area (Å²) in [6.07, 6.45) is 4.41. The summed E-state index contributed by atoms with van der Waals surface area (Å²) >= 11 is 1.40. The highest BCUT2D eigenvalue weighted by molar-refractivity contribution is 7.22. The Morgan fingerprint density at radius 1 is 1.33 bits per heavy atom. The van der Waals surface area contributed by atoms with Gasteiger partial charge < -0.3 is 15.0 Å². The van der Waals surface area contributed by atoms with Crippen molar-refractivity contribution < 1.29 is 14.3 Å². The highest BCUT2D eigenvalue weighted by Crippen LogP contribution is 2.30. The molecule has 1 aromatic carbocycles. The number of benzene rings is 1. The highest BCUT2D eigenvalue weighted by atomic mass is 32.1. The molecule has 1 aliphatic heterocycles. The van der Waals surface area contributed by atoms with E-state index in [1.165, 1.54) is 29.9 Å². The van der Waals surface area contributed by atoms with Crippen molar-refractivity contribution in [3.63, 3.8) is 0 Å². The number of thiazole rings is 1. The molecule has 1 N–H and O–H groups in total. The van der Waals surface area contributed by atoms with Gasteiger partial charge in [-0.3, -0.25) is 14.6 Å². The third-order valence-corrected chi connectivity index (χ3v) is 5.16. The number of likely N-dealkylation sites (tertiary alicyclic amines) is 1. The summed E-state index contributed by atoms with van der Waals surface area (Å²) in [4.78, 5) is 38.5. The molecule has 9 heteroatoms. The van der Waals surface area contributed by atoms with E-state index >= 15 is 0 Å². The second-order valence-corrected chi connectivity index (χ2v) is 7.10. The van der Waals surface area contributed by atoms with E-state index in [2.05, 4.69) is 20.3 Å². The lowest BCUT2D eigenvalue weighted by Gasteiger charge is -2.37. The number of hydrogen-bond donors (Lipinski definition) is 1. The van der Waals surface area contributed by atoms with Crippen molar-refractivity contribution in [2.24, 2.45) is 5.92 Å². The molecular formula is C18H17N5O3S. The molecule has 0 atom stereocenters. The maximum atomic E-state index is 12.4. The molecule has 1 saturated heterocycles. The molecule has 1 aliphatic rings. The monoisotopic (exact) mass is 383 g/mol. The van der Waals surface area contributed by atoms with Crippen molar-refractivity contribution in [1.29, 1.82) is 0 Å². The lowest BCUT2D eigenvalue weighted by Crippen LogP contribution is -2.54. The molecule has 2 amide bonds. The summed E-state index contributed by atoms with van der Waals surface area (Å²) in [6, 6.07) is 5.65. The van der Waals surface area contributed by atoms with E-state index < -0.39 is 0 Å². The van der Waals surface area contributed by atoms with Crippen LogP contribution in [0.4, 0.5) is 5.13 Å². The lowest BCUT2D eigenvalue weighted by atomic mass is 9.99. The number of carbonyl (C=O) groups excluding carboxylic acids is 2. The first-order chi connectivity index (χ1) is 13.1. The molecule has 0 bridgehead atoms. The molecule has 0 spiro atoms. The van der Waals surface area contributed by atoms with E-state index in [0.717, 1.165) is 16.0 Å². The molecule has 138 valence electrons. The van der Waals surface area contributed by atoms with E-state index in [9.17, 15) is 9.59 Å². The third kappa shape index (κ3) is 3.59. The summed E-state index contributed by atoms with van der Waals surface area (Å²) in [6.45, 7) is 3.25. The fraction of sp³-hybridized carbons (Fsp3) is 0.278. The van der Waals surface area contributed by atoms with Crippen molar-refractivity contribution in [2.75, 3.05) is 25.0 Å². The number of fused-ring (bicyclic) bond motifs is 1. The van der Waals surface area contributed by atoms with Gasteiger partial charge in [-0.15, -0.1) is 0 Å². The summed E-state index contributed by atoms with van der Waals surface area (Å²) < 4.78 is 6.43. The van der Waals surface area contributed by atoms with Crippen LogP contribution >= 0.6 is 11.3 Å². The standard InChI is InChI=1S/C18H17N5O3S/c1-2-26-12-3-4-13-15(7-12)27-18(21-13)22-16(24)11-9-23(10-11)17(25)14-8-19-5-6-20-14/h3-8,11H,2,9-10H2,1H3,(H,21,22,24). The SMILES string of the molecule is CCOc1ccc2nc(NC(=O)C3CN(C(=O)c4cnccn4)C3)sc2c1. The summed E-state index contributed by atoms with van der Waals surface area (Å²) in [5, 5.41) is 3.39. The van der Waals surface area contributed by atoms with Crippen LogP contribution < -0.4 is 10.1 Å². The fourth-order valence-corrected chi connectivity index (χ4v) is 3.70. The van der Waals surface area contributed by atoms with Crippen molar-refractivity contribution in [3.8, 4) is 5.75 Å². The van der Waals surface area contributed by atoms with Crippen molar-refractivity contribution in [1.82, 2.24) is 19.9 Å². The Morgan fingerprint density at radius 2 is 2.19 bits per heavy atom. The number of carbonyl (C=O) groups is 2. The first-order valence-electron chi connectivity index (χ1n) is 8.53. The molecular weight excluding hydrogens is 366 g/mol. The van der Waals surface area contributed by atoms with E-state index in [0.29, 0.717) is 24.8 Å². The van der Waals surface area contributed by atoms with Crippen LogP contribution in [0.15, 0.2) is 36.8 Å². The Morgan fingerprint density at radius 3 is 2.93 bits per heavy atom. The maximum absolute atomic E-state index is 12.4. The third-order valence-electron chi connectivity index (χ3n) is 4.22. The molecule has 3 heterocycles. The molecule has 8 nitrogen and oxygen atoms in total. The molecule has 2 aromatic heterocycles. The van der Waals surface area contributed by atoms with Gasteiger partial charge in [0, 0.05) is 25.5 Å². The second kappa shape index (κ2) is 7.28. The smallest absolute Gasteiger partial charge is 0.274 e. The normalized spacial score (nSPS) is 14.0. The number of ether oxygens (including phenoxy) is 1. The topological polar surface area (TPSA) is 97.3 Å². The molecule has 0 radical (unpaired) electrons. The van der Waals surface area contributed by atoms with Crippen LogP contribution in [0.1, 0.15) is 17.4 Å². The molecule has 27 heavy (non-hydrogen) atoms. The predicted octanol–water partition coefficient (Wildman–Crippen LogP) is 2.20. The predicted molar refractivity (Wildman–Crippen MR) is 101 cm³/mol. The Labute approximate surface area is 159 Å². The van der Waals surface area contributed by atoms with Crippen LogP contribution in [0.25, 0.3) is 10.2 Å². The van der Waals surface area contributed by atoms with Crippen LogP contribution in [-0.4, -0.2) is 51.4 Å². The zero-order chi connectivity index (χ0) is 18.8. The average Bonchev–Trinajstić information content (AvgIpc) is 3.02. The van der Waals surface area contributed by atoms with E-state index in [-0.39, 0.29) is 23.4 Å². The number of hydrogen-bond acceptors (Lipinski definition) is 7. The van der Waals surface area contributed by atoms with E-state index in [1.807, 2.05) is 25.1 Å². The Kier molecular flexibility index (Phi) is 4.68. The minimum Gasteiger partial charge on any atom is -0.494 e. The van der Waals surface area contributed by atoms with Gasteiger partial charge in [-0.25, -0.2) is 9.97 Å². The Balaban J connectivity index is 1.36. The molecule has 1 fully saturated rings. The van der Waals surface area contributed by atoms with Gasteiger partial charge in [0.25, 0.3) is 5.91 Å². The van der Waals surface area contributed by atoms with Crippen LogP contribution in [0.2, 0.25) is 0 Å². The zero-order valence-corrected chi connectivity index (χ0v) is 15.4. The van der Waals surface area contributed by atoms with Crippen molar-refractivity contribution in [3.05, 3.63) is 42.5 Å². The van der Waals surface area contributed by atoms with Gasteiger partial charge in [0.1, 0.15) is 11.4 Å². The molecule has 3 aromatic rings. The number of rotatable bonds is 5. The Hall–Kier alpha value is -3.07. The highest BCUT2D eigenvalue weighted by Gasteiger charge is 2.36. The lowest BCUT2D eigenvalue weighted by molar-refractivity contribution is -0.123. The Bertz CT molecular complexity index is 985. The second-order valence-electron chi connectivity index (χ2n) is 6.07. The molecule has 4 rings (SSSR count). The summed E-state index contributed by atoms with van der Waals surface area (Å²) in [5.41, 5.74) is 1.10. The first-order valence-corrected chi connectivity index (χ1v) is 9.35. The zero-order valence-electron chi connectivity index (χ0n) is 14.6. The number of nitrogens with zero attached hydrogens (tertiary/aromatic N) is 4. The van der Waals surface area contributed by atoms with E-state index in [4.69, 9.17) is 4.74 Å². The van der Waals surface area contributed by atoms with Gasteiger partial charge in [0.15, 0.2) is 5.13 Å². The minimum absolute atomic E-state index is 0.137. The number of nitrogens with one attached hydrogen (secondary N) is 1. The summed E-state index contributed by atoms with van der Waals surface area (Å²) in [5.74, 6) is 0.179. The van der Waals surface area contributed by atoms with Crippen LogP contribution in [0.5, 0.6) is 5.75 Å². The molecule has 0 saturated carbocycles. The minimum atomic E-state index is -0.253. The van der Waals surface area contributed by atoms with Crippen molar-refractivity contribution >= 4 is 38.5 Å². The largest absolute Gasteiger partial charge is 0.494 e. The summed E-state index contributed by atoms with van der Waals surface area (Å²) in [7, 11) is 0. The van der Waals surface area contributed by atoms with E-state index in [1.54, 1.807) is 4.90 Å². The van der Waals surface area contributed by atoms with Crippen LogP contribution in [-0.2, 0) is 4.79 Å². The number of anilines is 1. The number of aromatic nitrogens is 3. The van der Waals surface area contributed by atoms with Gasteiger partial charge in [0.05, 0.1) is 28.9 Å².